The molecule has 0 aliphatic carbocycles. The Morgan fingerprint density at radius 2 is 1.89 bits per heavy atom. The van der Waals surface area contributed by atoms with E-state index in [0.717, 1.165) is 0 Å². The topological polar surface area (TPSA) is 84.5 Å². The van der Waals surface area contributed by atoms with Gasteiger partial charge in [-0.15, -0.1) is 0 Å². The van der Waals surface area contributed by atoms with Crippen molar-refractivity contribution in [2.45, 2.75) is 6.54 Å². The number of benzene rings is 1. The zero-order valence-electron chi connectivity index (χ0n) is 14.3. The summed E-state index contributed by atoms with van der Waals surface area (Å²) in [6.07, 6.45) is 4.20. The van der Waals surface area contributed by atoms with Crippen LogP contribution in [0.3, 0.4) is 0 Å². The van der Waals surface area contributed by atoms with Gasteiger partial charge in [0.15, 0.2) is 0 Å². The number of hydrogen-bond donors (Lipinski definition) is 2. The molecule has 0 aliphatic rings. The number of furan rings is 2. The second kappa shape index (κ2) is 8.66. The molecule has 0 saturated carbocycles. The molecular weight excluding hydrogens is 351 g/mol. The zero-order valence-corrected chi connectivity index (χ0v) is 14.3. The van der Waals surface area contributed by atoms with Crippen LogP contribution >= 0.6 is 0 Å². The number of amides is 2. The monoisotopic (exact) mass is 368 g/mol. The van der Waals surface area contributed by atoms with E-state index >= 15 is 0 Å². The first-order valence-electron chi connectivity index (χ1n) is 8.21. The van der Waals surface area contributed by atoms with E-state index in [1.165, 1.54) is 24.5 Å². The lowest BCUT2D eigenvalue weighted by Crippen LogP contribution is -2.35. The van der Waals surface area contributed by atoms with Crippen LogP contribution in [0.5, 0.6) is 0 Å². The van der Waals surface area contributed by atoms with E-state index in [4.69, 9.17) is 8.83 Å². The number of nitrogens with one attached hydrogen (secondary N) is 2. The normalized spacial score (nSPS) is 10.9. The molecule has 0 fully saturated rings. The van der Waals surface area contributed by atoms with E-state index in [-0.39, 0.29) is 24.8 Å². The number of carbonyl (C=O) groups excluding carboxylic acids is 2. The van der Waals surface area contributed by atoms with Crippen LogP contribution in [0.15, 0.2) is 69.7 Å². The van der Waals surface area contributed by atoms with Crippen molar-refractivity contribution in [3.8, 4) is 11.3 Å². The Labute approximate surface area is 154 Å². The molecule has 27 heavy (non-hydrogen) atoms. The van der Waals surface area contributed by atoms with E-state index in [2.05, 4.69) is 10.6 Å². The van der Waals surface area contributed by atoms with E-state index in [9.17, 15) is 14.0 Å². The molecule has 2 aromatic heterocycles. The minimum absolute atomic E-state index is 0.164. The third kappa shape index (κ3) is 5.18. The van der Waals surface area contributed by atoms with Gasteiger partial charge >= 0.3 is 0 Å². The SMILES string of the molecule is O=C(/C=C/c1ccc(-c2ccccc2F)o1)NCC(=O)NCc1ccco1. The maximum atomic E-state index is 13.7. The Morgan fingerprint density at radius 1 is 1.04 bits per heavy atom. The molecule has 0 bridgehead atoms. The summed E-state index contributed by atoms with van der Waals surface area (Å²) in [7, 11) is 0. The second-order valence-electron chi connectivity index (χ2n) is 5.59. The molecule has 0 unspecified atom stereocenters. The summed E-state index contributed by atoms with van der Waals surface area (Å²) < 4.78 is 24.3. The van der Waals surface area contributed by atoms with Crippen molar-refractivity contribution in [1.82, 2.24) is 10.6 Å². The molecule has 0 spiro atoms. The van der Waals surface area contributed by atoms with E-state index in [0.29, 0.717) is 22.8 Å². The fraction of sp³-hybridized carbons (Fsp3) is 0.100. The van der Waals surface area contributed by atoms with Crippen molar-refractivity contribution in [3.63, 3.8) is 0 Å². The smallest absolute Gasteiger partial charge is 0.244 e. The molecule has 2 amide bonds. The third-order valence-corrected chi connectivity index (χ3v) is 3.63. The van der Waals surface area contributed by atoms with Crippen LogP contribution in [0.2, 0.25) is 0 Å². The molecular formula is C20H17FN2O4. The molecule has 1 aromatic carbocycles. The van der Waals surface area contributed by atoms with Gasteiger partial charge in [-0.1, -0.05) is 12.1 Å². The molecule has 7 heteroatoms. The minimum Gasteiger partial charge on any atom is -0.467 e. The summed E-state index contributed by atoms with van der Waals surface area (Å²) in [6, 6.07) is 13.0. The predicted octanol–water partition coefficient (Wildman–Crippen LogP) is 3.12. The lowest BCUT2D eigenvalue weighted by Gasteiger charge is -2.03. The molecule has 3 aromatic rings. The number of carbonyl (C=O) groups is 2. The van der Waals surface area contributed by atoms with Gasteiger partial charge in [0.05, 0.1) is 24.9 Å². The standard InChI is InChI=1S/C20H17FN2O4/c21-17-6-2-1-5-16(17)18-9-7-14(27-18)8-10-19(24)23-13-20(25)22-12-15-4-3-11-26-15/h1-11H,12-13H2,(H,22,25)(H,23,24)/b10-8+. The Kier molecular flexibility index (Phi) is 5.84. The Hall–Kier alpha value is -3.61. The van der Waals surface area contributed by atoms with Gasteiger partial charge in [0.1, 0.15) is 23.1 Å². The van der Waals surface area contributed by atoms with Gasteiger partial charge in [0, 0.05) is 6.08 Å². The maximum Gasteiger partial charge on any atom is 0.244 e. The second-order valence-corrected chi connectivity index (χ2v) is 5.59. The van der Waals surface area contributed by atoms with Crippen LogP contribution in [0.4, 0.5) is 4.39 Å². The van der Waals surface area contributed by atoms with Crippen molar-refractivity contribution in [2.24, 2.45) is 0 Å². The van der Waals surface area contributed by atoms with Crippen molar-refractivity contribution >= 4 is 17.9 Å². The average Bonchev–Trinajstić information content (AvgIpc) is 3.35. The zero-order chi connectivity index (χ0) is 19.1. The van der Waals surface area contributed by atoms with Gasteiger partial charge in [-0.3, -0.25) is 9.59 Å². The molecule has 0 atom stereocenters. The summed E-state index contributed by atoms with van der Waals surface area (Å²) >= 11 is 0. The van der Waals surface area contributed by atoms with Gasteiger partial charge in [-0.2, -0.15) is 0 Å². The van der Waals surface area contributed by atoms with Crippen LogP contribution < -0.4 is 10.6 Å². The number of halogens is 1. The van der Waals surface area contributed by atoms with Gasteiger partial charge in [-0.25, -0.2) is 4.39 Å². The third-order valence-electron chi connectivity index (χ3n) is 3.63. The highest BCUT2D eigenvalue weighted by Gasteiger charge is 2.08. The van der Waals surface area contributed by atoms with E-state index in [1.807, 2.05) is 0 Å². The van der Waals surface area contributed by atoms with E-state index < -0.39 is 5.91 Å². The predicted molar refractivity (Wildman–Crippen MR) is 96.7 cm³/mol. The first-order valence-corrected chi connectivity index (χ1v) is 8.21. The minimum atomic E-state index is -0.452. The highest BCUT2D eigenvalue weighted by atomic mass is 19.1. The Bertz CT molecular complexity index is 945. The summed E-state index contributed by atoms with van der Waals surface area (Å²) in [5, 5.41) is 5.08. The van der Waals surface area contributed by atoms with Crippen LogP contribution in [-0.2, 0) is 16.1 Å². The summed E-state index contributed by atoms with van der Waals surface area (Å²) in [5.74, 6) is 0.204. The van der Waals surface area contributed by atoms with Crippen molar-refractivity contribution < 1.29 is 22.8 Å². The quantitative estimate of drug-likeness (QED) is 0.628. The lowest BCUT2D eigenvalue weighted by molar-refractivity contribution is -0.124. The van der Waals surface area contributed by atoms with Crippen LogP contribution in [0, 0.1) is 5.82 Å². The Balaban J connectivity index is 1.47. The molecule has 0 saturated heterocycles. The highest BCUT2D eigenvalue weighted by molar-refractivity contribution is 5.94. The number of hydrogen-bond acceptors (Lipinski definition) is 4. The molecule has 138 valence electrons. The van der Waals surface area contributed by atoms with Gasteiger partial charge in [0.2, 0.25) is 11.8 Å². The number of rotatable bonds is 7. The first-order chi connectivity index (χ1) is 13.1. The molecule has 6 nitrogen and oxygen atoms in total. The molecule has 0 radical (unpaired) electrons. The van der Waals surface area contributed by atoms with Crippen molar-refractivity contribution in [3.05, 3.63) is 78.2 Å². The van der Waals surface area contributed by atoms with Crippen molar-refractivity contribution in [1.29, 1.82) is 0 Å². The Morgan fingerprint density at radius 3 is 2.67 bits per heavy atom. The first kappa shape index (κ1) is 18.2. The molecule has 2 heterocycles. The summed E-state index contributed by atoms with van der Waals surface area (Å²) in [6.45, 7) is 0.0886. The maximum absolute atomic E-state index is 13.7. The van der Waals surface area contributed by atoms with Gasteiger partial charge in [-0.05, 0) is 42.5 Å². The highest BCUT2D eigenvalue weighted by Crippen LogP contribution is 2.25. The average molecular weight is 368 g/mol. The largest absolute Gasteiger partial charge is 0.467 e. The van der Waals surface area contributed by atoms with Crippen LogP contribution in [0.1, 0.15) is 11.5 Å². The summed E-state index contributed by atoms with van der Waals surface area (Å²) in [5.41, 5.74) is 0.342. The van der Waals surface area contributed by atoms with Gasteiger partial charge < -0.3 is 19.5 Å². The molecule has 0 aliphatic heterocycles. The summed E-state index contributed by atoms with van der Waals surface area (Å²) in [4.78, 5) is 23.4. The van der Waals surface area contributed by atoms with Gasteiger partial charge in [0.25, 0.3) is 0 Å². The fourth-order valence-electron chi connectivity index (χ4n) is 2.29. The fourth-order valence-corrected chi connectivity index (χ4v) is 2.29. The molecule has 3 rings (SSSR count). The van der Waals surface area contributed by atoms with Crippen LogP contribution in [0.25, 0.3) is 17.4 Å². The van der Waals surface area contributed by atoms with E-state index in [1.54, 1.807) is 42.5 Å². The van der Waals surface area contributed by atoms with Crippen molar-refractivity contribution in [2.75, 3.05) is 6.54 Å². The molecule has 2 N–H and O–H groups in total. The van der Waals surface area contributed by atoms with Crippen LogP contribution in [-0.4, -0.2) is 18.4 Å². The lowest BCUT2D eigenvalue weighted by atomic mass is 10.1.